The van der Waals surface area contributed by atoms with Gasteiger partial charge < -0.3 is 5.11 Å². The highest BCUT2D eigenvalue weighted by Crippen LogP contribution is 2.12. The first-order valence-corrected chi connectivity index (χ1v) is 6.21. The largest absolute Gasteiger partial charge is 0.508 e. The topological polar surface area (TPSA) is 70.9 Å². The third kappa shape index (κ3) is 2.47. The van der Waals surface area contributed by atoms with Crippen LogP contribution in [0.3, 0.4) is 0 Å². The van der Waals surface area contributed by atoms with E-state index >= 15 is 0 Å². The van der Waals surface area contributed by atoms with Gasteiger partial charge in [0.1, 0.15) is 5.75 Å². The number of H-pyrrole nitrogens is 1. The zero-order valence-electron chi connectivity index (χ0n) is 10.7. The Morgan fingerprint density at radius 2 is 2.00 bits per heavy atom. The fraction of sp³-hybridized carbons (Fsp3) is 0.0667. The molecule has 0 bridgehead atoms. The van der Waals surface area contributed by atoms with Crippen molar-refractivity contribution in [2.45, 2.75) is 6.42 Å². The lowest BCUT2D eigenvalue weighted by atomic mass is 10.2. The summed E-state index contributed by atoms with van der Waals surface area (Å²) in [6.45, 7) is 0. The first-order valence-electron chi connectivity index (χ1n) is 6.21. The van der Waals surface area contributed by atoms with Crippen molar-refractivity contribution in [1.29, 1.82) is 0 Å². The molecule has 0 aliphatic rings. The SMILES string of the molecule is O=c1cc(Cc2cccnc2)[nH]n1-c1ccc(O)cc1. The molecule has 2 heterocycles. The van der Waals surface area contributed by atoms with E-state index in [9.17, 15) is 9.90 Å². The Morgan fingerprint density at radius 1 is 1.20 bits per heavy atom. The molecule has 0 fully saturated rings. The van der Waals surface area contributed by atoms with Crippen molar-refractivity contribution < 1.29 is 5.11 Å². The van der Waals surface area contributed by atoms with Crippen LogP contribution in [0.15, 0.2) is 59.7 Å². The van der Waals surface area contributed by atoms with Crippen molar-refractivity contribution in [3.63, 3.8) is 0 Å². The summed E-state index contributed by atoms with van der Waals surface area (Å²) in [5.74, 6) is 0.170. The minimum atomic E-state index is -0.130. The Bertz CT molecular complexity index is 758. The molecule has 0 spiro atoms. The maximum atomic E-state index is 12.0. The van der Waals surface area contributed by atoms with Crippen LogP contribution in [-0.2, 0) is 6.42 Å². The molecule has 20 heavy (non-hydrogen) atoms. The minimum Gasteiger partial charge on any atom is -0.508 e. The van der Waals surface area contributed by atoms with E-state index < -0.39 is 0 Å². The molecule has 0 saturated heterocycles. The average Bonchev–Trinajstić information content (AvgIpc) is 2.81. The Kier molecular flexibility index (Phi) is 3.09. The smallest absolute Gasteiger partial charge is 0.271 e. The monoisotopic (exact) mass is 267 g/mol. The molecule has 2 aromatic heterocycles. The van der Waals surface area contributed by atoms with E-state index in [1.165, 1.54) is 4.68 Å². The summed E-state index contributed by atoms with van der Waals surface area (Å²) in [6.07, 6.45) is 4.11. The molecular weight excluding hydrogens is 254 g/mol. The number of nitrogens with one attached hydrogen (secondary N) is 1. The Labute approximate surface area is 115 Å². The zero-order chi connectivity index (χ0) is 13.9. The van der Waals surface area contributed by atoms with Crippen LogP contribution in [-0.4, -0.2) is 19.9 Å². The second-order valence-electron chi connectivity index (χ2n) is 4.51. The molecule has 0 unspecified atom stereocenters. The Balaban J connectivity index is 1.91. The molecule has 0 saturated carbocycles. The summed E-state index contributed by atoms with van der Waals surface area (Å²) in [5, 5.41) is 12.3. The van der Waals surface area contributed by atoms with Crippen molar-refractivity contribution >= 4 is 0 Å². The van der Waals surface area contributed by atoms with Crippen molar-refractivity contribution in [3.8, 4) is 11.4 Å². The summed E-state index contributed by atoms with van der Waals surface area (Å²) in [6, 6.07) is 11.8. The van der Waals surface area contributed by atoms with Crippen LogP contribution in [0, 0.1) is 0 Å². The second kappa shape index (κ2) is 5.05. The van der Waals surface area contributed by atoms with E-state index in [1.54, 1.807) is 42.7 Å². The predicted octanol–water partition coefficient (Wildman–Crippen LogP) is 1.86. The van der Waals surface area contributed by atoms with Crippen LogP contribution >= 0.6 is 0 Å². The molecule has 0 atom stereocenters. The van der Waals surface area contributed by atoms with Crippen molar-refractivity contribution in [2.75, 3.05) is 0 Å². The van der Waals surface area contributed by atoms with Gasteiger partial charge in [0.25, 0.3) is 5.56 Å². The molecular formula is C15H13N3O2. The fourth-order valence-corrected chi connectivity index (χ4v) is 2.05. The fourth-order valence-electron chi connectivity index (χ4n) is 2.05. The van der Waals surface area contributed by atoms with E-state index in [-0.39, 0.29) is 11.3 Å². The normalized spacial score (nSPS) is 10.6. The van der Waals surface area contributed by atoms with E-state index in [0.29, 0.717) is 12.1 Å². The van der Waals surface area contributed by atoms with Gasteiger partial charge >= 0.3 is 0 Å². The van der Waals surface area contributed by atoms with E-state index in [2.05, 4.69) is 10.1 Å². The summed E-state index contributed by atoms with van der Waals surface area (Å²) >= 11 is 0. The van der Waals surface area contributed by atoms with Gasteiger partial charge in [0.05, 0.1) is 5.69 Å². The van der Waals surface area contributed by atoms with E-state index in [4.69, 9.17) is 0 Å². The highest BCUT2D eigenvalue weighted by atomic mass is 16.3. The predicted molar refractivity (Wildman–Crippen MR) is 75.1 cm³/mol. The van der Waals surface area contributed by atoms with Gasteiger partial charge in [-0.25, -0.2) is 4.68 Å². The summed E-state index contributed by atoms with van der Waals surface area (Å²) in [4.78, 5) is 16.0. The molecule has 0 radical (unpaired) electrons. The number of phenols is 1. The molecule has 100 valence electrons. The molecule has 3 aromatic rings. The summed E-state index contributed by atoms with van der Waals surface area (Å²) < 4.78 is 1.45. The number of phenolic OH excluding ortho intramolecular Hbond substituents is 1. The Hall–Kier alpha value is -2.82. The molecule has 0 aliphatic heterocycles. The number of aromatic amines is 1. The molecule has 1 aromatic carbocycles. The maximum Gasteiger partial charge on any atom is 0.271 e. The van der Waals surface area contributed by atoms with Crippen molar-refractivity contribution in [3.05, 3.63) is 76.5 Å². The molecule has 3 rings (SSSR count). The first-order chi connectivity index (χ1) is 9.72. The van der Waals surface area contributed by atoms with Gasteiger partial charge in [-0.2, -0.15) is 0 Å². The molecule has 0 aliphatic carbocycles. The third-order valence-corrected chi connectivity index (χ3v) is 3.00. The van der Waals surface area contributed by atoms with Crippen LogP contribution in [0.5, 0.6) is 5.75 Å². The number of hydrogen-bond donors (Lipinski definition) is 2. The van der Waals surface area contributed by atoms with Gasteiger partial charge in [0, 0.05) is 30.6 Å². The number of pyridine rings is 1. The van der Waals surface area contributed by atoms with Gasteiger partial charge in [0.2, 0.25) is 0 Å². The quantitative estimate of drug-likeness (QED) is 0.761. The minimum absolute atomic E-state index is 0.130. The van der Waals surface area contributed by atoms with Gasteiger partial charge in [0.15, 0.2) is 0 Å². The number of aromatic nitrogens is 3. The second-order valence-corrected chi connectivity index (χ2v) is 4.51. The maximum absolute atomic E-state index is 12.0. The highest BCUT2D eigenvalue weighted by Gasteiger charge is 2.06. The number of benzene rings is 1. The average molecular weight is 267 g/mol. The summed E-state index contributed by atoms with van der Waals surface area (Å²) in [7, 11) is 0. The van der Waals surface area contributed by atoms with E-state index in [0.717, 1.165) is 11.3 Å². The lowest BCUT2D eigenvalue weighted by molar-refractivity contribution is 0.475. The Morgan fingerprint density at radius 3 is 2.70 bits per heavy atom. The number of hydrogen-bond acceptors (Lipinski definition) is 3. The van der Waals surface area contributed by atoms with Crippen LogP contribution in [0.1, 0.15) is 11.3 Å². The van der Waals surface area contributed by atoms with Crippen LogP contribution in [0.4, 0.5) is 0 Å². The molecule has 5 heteroatoms. The number of rotatable bonds is 3. The zero-order valence-corrected chi connectivity index (χ0v) is 10.7. The first kappa shape index (κ1) is 12.2. The summed E-state index contributed by atoms with van der Waals surface area (Å²) in [5.41, 5.74) is 2.41. The molecule has 2 N–H and O–H groups in total. The van der Waals surface area contributed by atoms with Crippen molar-refractivity contribution in [2.24, 2.45) is 0 Å². The van der Waals surface area contributed by atoms with Gasteiger partial charge in [-0.15, -0.1) is 0 Å². The number of nitrogens with zero attached hydrogens (tertiary/aromatic N) is 2. The van der Waals surface area contributed by atoms with Crippen LogP contribution in [0.25, 0.3) is 5.69 Å². The third-order valence-electron chi connectivity index (χ3n) is 3.00. The van der Waals surface area contributed by atoms with Crippen LogP contribution < -0.4 is 5.56 Å². The van der Waals surface area contributed by atoms with Gasteiger partial charge in [-0.05, 0) is 35.9 Å². The molecule has 0 amide bonds. The number of aromatic hydroxyl groups is 1. The van der Waals surface area contributed by atoms with Gasteiger partial charge in [-0.3, -0.25) is 14.9 Å². The lowest BCUT2D eigenvalue weighted by Gasteiger charge is -2.02. The van der Waals surface area contributed by atoms with Crippen LogP contribution in [0.2, 0.25) is 0 Å². The van der Waals surface area contributed by atoms with E-state index in [1.807, 2.05) is 12.1 Å². The van der Waals surface area contributed by atoms with Crippen molar-refractivity contribution in [1.82, 2.24) is 14.8 Å². The lowest BCUT2D eigenvalue weighted by Crippen LogP contribution is -2.13. The standard InChI is InChI=1S/C15H13N3O2/c19-14-5-3-13(4-6-14)18-15(20)9-12(17-18)8-11-2-1-7-16-10-11/h1-7,9-10,17,19H,8H2. The highest BCUT2D eigenvalue weighted by molar-refractivity contribution is 5.36. The molecule has 5 nitrogen and oxygen atoms in total. The van der Waals surface area contributed by atoms with Gasteiger partial charge in [-0.1, -0.05) is 6.07 Å².